The molecule has 0 aliphatic carbocycles. The van der Waals surface area contributed by atoms with Crippen molar-refractivity contribution in [3.05, 3.63) is 0 Å². The minimum Gasteiger partial charge on any atom is -0.444 e. The number of nitrogens with one attached hydrogen (secondary N) is 2. The van der Waals surface area contributed by atoms with E-state index in [2.05, 4.69) is 10.6 Å². The zero-order chi connectivity index (χ0) is 18.2. The van der Waals surface area contributed by atoms with Gasteiger partial charge in [0, 0.05) is 39.2 Å². The molecule has 1 saturated heterocycles. The molecule has 1 aliphatic heterocycles. The second-order valence-corrected chi connectivity index (χ2v) is 6.83. The molecule has 0 aromatic heterocycles. The Labute approximate surface area is 143 Å². The van der Waals surface area contributed by atoms with Crippen LogP contribution in [0.25, 0.3) is 0 Å². The molecule has 0 bridgehead atoms. The first kappa shape index (κ1) is 20.2. The van der Waals surface area contributed by atoms with E-state index in [1.165, 1.54) is 7.11 Å². The van der Waals surface area contributed by atoms with Crippen LogP contribution in [0.1, 0.15) is 40.0 Å². The average molecular weight is 343 g/mol. The van der Waals surface area contributed by atoms with E-state index in [9.17, 15) is 14.4 Å². The number of alkyl carbamates (subject to hydrolysis) is 1. The Kier molecular flexibility index (Phi) is 7.97. The van der Waals surface area contributed by atoms with Gasteiger partial charge in [-0.1, -0.05) is 0 Å². The number of likely N-dealkylation sites (tertiary alicyclic amines) is 1. The van der Waals surface area contributed by atoms with Crippen molar-refractivity contribution in [2.24, 2.45) is 0 Å². The molecular formula is C16H29N3O5. The van der Waals surface area contributed by atoms with Crippen LogP contribution >= 0.6 is 0 Å². The third kappa shape index (κ3) is 8.14. The van der Waals surface area contributed by atoms with Gasteiger partial charge in [0.2, 0.25) is 11.8 Å². The van der Waals surface area contributed by atoms with Gasteiger partial charge in [-0.2, -0.15) is 0 Å². The summed E-state index contributed by atoms with van der Waals surface area (Å²) in [6, 6.07) is 0.0608. The highest BCUT2D eigenvalue weighted by Crippen LogP contribution is 2.11. The largest absolute Gasteiger partial charge is 0.444 e. The minimum absolute atomic E-state index is 0.0242. The SMILES string of the molecule is COCC(=O)N1CCC(NC(=O)CCNC(=O)OC(C)(C)C)CC1. The smallest absolute Gasteiger partial charge is 0.407 e. The highest BCUT2D eigenvalue weighted by Gasteiger charge is 2.23. The van der Waals surface area contributed by atoms with Gasteiger partial charge in [0.05, 0.1) is 0 Å². The number of carbonyl (C=O) groups is 3. The molecule has 0 aromatic carbocycles. The van der Waals surface area contributed by atoms with E-state index < -0.39 is 11.7 Å². The van der Waals surface area contributed by atoms with E-state index in [0.717, 1.165) is 12.8 Å². The van der Waals surface area contributed by atoms with Crippen molar-refractivity contribution in [3.8, 4) is 0 Å². The number of ether oxygens (including phenoxy) is 2. The monoisotopic (exact) mass is 343 g/mol. The van der Waals surface area contributed by atoms with Gasteiger partial charge in [-0.15, -0.1) is 0 Å². The summed E-state index contributed by atoms with van der Waals surface area (Å²) in [6.07, 6.45) is 1.11. The van der Waals surface area contributed by atoms with Gasteiger partial charge in [-0.3, -0.25) is 9.59 Å². The van der Waals surface area contributed by atoms with Crippen molar-refractivity contribution in [1.82, 2.24) is 15.5 Å². The lowest BCUT2D eigenvalue weighted by atomic mass is 10.0. The van der Waals surface area contributed by atoms with Crippen molar-refractivity contribution in [2.45, 2.75) is 51.7 Å². The van der Waals surface area contributed by atoms with Crippen LogP contribution in [0, 0.1) is 0 Å². The fourth-order valence-corrected chi connectivity index (χ4v) is 2.38. The third-order valence-electron chi connectivity index (χ3n) is 3.50. The predicted octanol–water partition coefficient (Wildman–Crippen LogP) is 0.655. The second kappa shape index (κ2) is 9.46. The van der Waals surface area contributed by atoms with Crippen LogP contribution in [0.4, 0.5) is 4.79 Å². The van der Waals surface area contributed by atoms with Crippen LogP contribution in [0.2, 0.25) is 0 Å². The molecule has 138 valence electrons. The number of rotatable bonds is 6. The first-order valence-electron chi connectivity index (χ1n) is 8.24. The lowest BCUT2D eigenvalue weighted by molar-refractivity contribution is -0.136. The minimum atomic E-state index is -0.555. The third-order valence-corrected chi connectivity index (χ3v) is 3.50. The molecule has 0 radical (unpaired) electrons. The van der Waals surface area contributed by atoms with Gasteiger partial charge >= 0.3 is 6.09 Å². The van der Waals surface area contributed by atoms with Gasteiger partial charge in [-0.25, -0.2) is 4.79 Å². The standard InChI is InChI=1S/C16H29N3O5/c1-16(2,3)24-15(22)17-8-5-13(20)18-12-6-9-19(10-7-12)14(21)11-23-4/h12H,5-11H2,1-4H3,(H,17,22)(H,18,20). The van der Waals surface area contributed by atoms with E-state index in [1.54, 1.807) is 25.7 Å². The predicted molar refractivity (Wildman–Crippen MR) is 88.5 cm³/mol. The normalized spacial score (nSPS) is 15.8. The maximum absolute atomic E-state index is 11.9. The molecule has 8 heteroatoms. The summed E-state index contributed by atoms with van der Waals surface area (Å²) in [6.45, 7) is 6.89. The zero-order valence-electron chi connectivity index (χ0n) is 15.0. The van der Waals surface area contributed by atoms with Crippen molar-refractivity contribution < 1.29 is 23.9 Å². The van der Waals surface area contributed by atoms with Crippen LogP contribution < -0.4 is 10.6 Å². The highest BCUT2D eigenvalue weighted by atomic mass is 16.6. The first-order valence-corrected chi connectivity index (χ1v) is 8.24. The Morgan fingerprint density at radius 1 is 1.17 bits per heavy atom. The van der Waals surface area contributed by atoms with Gasteiger partial charge in [0.15, 0.2) is 0 Å². The Bertz CT molecular complexity index is 439. The van der Waals surface area contributed by atoms with Crippen molar-refractivity contribution in [1.29, 1.82) is 0 Å². The summed E-state index contributed by atoms with van der Waals surface area (Å²) >= 11 is 0. The van der Waals surface area contributed by atoms with Gasteiger partial charge < -0.3 is 25.0 Å². The Morgan fingerprint density at radius 2 is 1.79 bits per heavy atom. The van der Waals surface area contributed by atoms with Crippen LogP contribution in [0.3, 0.4) is 0 Å². The average Bonchev–Trinajstić information content (AvgIpc) is 2.46. The number of carbonyl (C=O) groups excluding carboxylic acids is 3. The van der Waals surface area contributed by atoms with Crippen LogP contribution in [-0.4, -0.2) is 67.8 Å². The number of amides is 3. The molecule has 2 N–H and O–H groups in total. The Hall–Kier alpha value is -1.83. The van der Waals surface area contributed by atoms with E-state index in [-0.39, 0.29) is 37.4 Å². The summed E-state index contributed by atoms with van der Waals surface area (Å²) in [7, 11) is 1.50. The van der Waals surface area contributed by atoms with Crippen molar-refractivity contribution in [3.63, 3.8) is 0 Å². The fraction of sp³-hybridized carbons (Fsp3) is 0.812. The van der Waals surface area contributed by atoms with Crippen LogP contribution in [0.5, 0.6) is 0 Å². The molecule has 8 nitrogen and oxygen atoms in total. The number of methoxy groups -OCH3 is 1. The van der Waals surface area contributed by atoms with E-state index in [0.29, 0.717) is 13.1 Å². The molecule has 1 heterocycles. The molecule has 0 saturated carbocycles. The molecule has 1 aliphatic rings. The second-order valence-electron chi connectivity index (χ2n) is 6.83. The molecule has 0 unspecified atom stereocenters. The molecule has 3 amide bonds. The topological polar surface area (TPSA) is 97.0 Å². The highest BCUT2D eigenvalue weighted by molar-refractivity contribution is 5.78. The molecule has 24 heavy (non-hydrogen) atoms. The van der Waals surface area contributed by atoms with Crippen LogP contribution in [0.15, 0.2) is 0 Å². The van der Waals surface area contributed by atoms with Gasteiger partial charge in [0.1, 0.15) is 12.2 Å². The van der Waals surface area contributed by atoms with E-state index >= 15 is 0 Å². The maximum atomic E-state index is 11.9. The molecule has 0 spiro atoms. The summed E-state index contributed by atoms with van der Waals surface area (Å²) in [5.41, 5.74) is -0.555. The zero-order valence-corrected chi connectivity index (χ0v) is 15.0. The number of nitrogens with zero attached hydrogens (tertiary/aromatic N) is 1. The van der Waals surface area contributed by atoms with Crippen LogP contribution in [-0.2, 0) is 19.1 Å². The molecule has 0 aromatic rings. The molecule has 0 atom stereocenters. The summed E-state index contributed by atoms with van der Waals surface area (Å²) < 4.78 is 9.93. The Balaban J connectivity index is 2.18. The number of hydrogen-bond acceptors (Lipinski definition) is 5. The quantitative estimate of drug-likeness (QED) is 0.738. The molecular weight excluding hydrogens is 314 g/mol. The van der Waals surface area contributed by atoms with E-state index in [1.807, 2.05) is 0 Å². The molecule has 1 rings (SSSR count). The fourth-order valence-electron chi connectivity index (χ4n) is 2.38. The van der Waals surface area contributed by atoms with Crippen molar-refractivity contribution in [2.75, 3.05) is 33.4 Å². The van der Waals surface area contributed by atoms with Gasteiger partial charge in [0.25, 0.3) is 0 Å². The Morgan fingerprint density at radius 3 is 2.33 bits per heavy atom. The number of piperidine rings is 1. The number of hydrogen-bond donors (Lipinski definition) is 2. The van der Waals surface area contributed by atoms with Crippen molar-refractivity contribution >= 4 is 17.9 Å². The van der Waals surface area contributed by atoms with Gasteiger partial charge in [-0.05, 0) is 33.6 Å². The summed E-state index contributed by atoms with van der Waals surface area (Å²) in [5, 5.41) is 5.49. The maximum Gasteiger partial charge on any atom is 0.407 e. The van der Waals surface area contributed by atoms with E-state index in [4.69, 9.17) is 9.47 Å². The summed E-state index contributed by atoms with van der Waals surface area (Å²) in [4.78, 5) is 36.8. The summed E-state index contributed by atoms with van der Waals surface area (Å²) in [5.74, 6) is -0.142. The lowest BCUT2D eigenvalue weighted by Crippen LogP contribution is -2.47. The molecule has 1 fully saturated rings. The first-order chi connectivity index (χ1) is 11.2. The lowest BCUT2D eigenvalue weighted by Gasteiger charge is -2.32.